The first-order chi connectivity index (χ1) is 15.7. The molecule has 2 amide bonds. The summed E-state index contributed by atoms with van der Waals surface area (Å²) in [5, 5.41) is 5.73. The summed E-state index contributed by atoms with van der Waals surface area (Å²) in [4.78, 5) is 24.8. The molecule has 0 aliphatic carbocycles. The Morgan fingerprint density at radius 3 is 2.36 bits per heavy atom. The Labute approximate surface area is 198 Å². The second-order valence-corrected chi connectivity index (χ2v) is 9.45. The van der Waals surface area contributed by atoms with Crippen LogP contribution in [0, 0.1) is 6.92 Å². The molecule has 3 aromatic rings. The van der Waals surface area contributed by atoms with Crippen LogP contribution in [0.5, 0.6) is 0 Å². The molecular weight excluding hydrogens is 462 g/mol. The van der Waals surface area contributed by atoms with E-state index >= 15 is 0 Å². The Hall–Kier alpha value is -3.36. The molecule has 2 N–H and O–H groups in total. The maximum atomic E-state index is 13.2. The number of carbonyl (C=O) groups excluding carboxylic acids is 2. The average Bonchev–Trinajstić information content (AvgIpc) is 2.81. The molecule has 0 atom stereocenters. The van der Waals surface area contributed by atoms with Crippen molar-refractivity contribution < 1.29 is 18.0 Å². The molecule has 33 heavy (non-hydrogen) atoms. The number of amides is 2. The number of carbonyl (C=O) groups is 2. The fourth-order valence-corrected chi connectivity index (χ4v) is 4.91. The number of halogens is 1. The van der Waals surface area contributed by atoms with Crippen LogP contribution >= 0.6 is 11.6 Å². The second kappa shape index (κ2) is 10.5. The van der Waals surface area contributed by atoms with E-state index in [4.69, 9.17) is 11.6 Å². The van der Waals surface area contributed by atoms with E-state index in [-0.39, 0.29) is 23.5 Å². The number of para-hydroxylation sites is 1. The highest BCUT2D eigenvalue weighted by Crippen LogP contribution is 2.24. The van der Waals surface area contributed by atoms with Gasteiger partial charge < -0.3 is 10.6 Å². The smallest absolute Gasteiger partial charge is 0.264 e. The van der Waals surface area contributed by atoms with Gasteiger partial charge in [0.15, 0.2) is 0 Å². The summed E-state index contributed by atoms with van der Waals surface area (Å²) in [7, 11) is -3.88. The SMILES string of the molecule is CCN(c1ccccc1)S(=O)(=O)c1cccc(C(=O)NCC(=O)Nc2cccc(Cl)c2C)c1. The third-order valence-corrected chi connectivity index (χ3v) is 7.28. The molecule has 0 heterocycles. The lowest BCUT2D eigenvalue weighted by Crippen LogP contribution is -2.33. The van der Waals surface area contributed by atoms with Crippen molar-refractivity contribution in [3.8, 4) is 0 Å². The molecule has 0 aromatic heterocycles. The van der Waals surface area contributed by atoms with Gasteiger partial charge >= 0.3 is 0 Å². The lowest BCUT2D eigenvalue weighted by atomic mass is 10.2. The summed E-state index contributed by atoms with van der Waals surface area (Å²) in [6.07, 6.45) is 0. The van der Waals surface area contributed by atoms with Crippen molar-refractivity contribution in [3.05, 3.63) is 88.9 Å². The standard InChI is InChI=1S/C24H24ClN3O4S/c1-3-28(19-10-5-4-6-11-19)33(31,32)20-12-7-9-18(15-20)24(30)26-16-23(29)27-22-14-8-13-21(25)17(22)2/h4-15H,3,16H2,1-2H3,(H,26,30)(H,27,29). The zero-order valence-corrected chi connectivity index (χ0v) is 19.8. The third-order valence-electron chi connectivity index (χ3n) is 4.97. The summed E-state index contributed by atoms with van der Waals surface area (Å²) in [5.74, 6) is -0.994. The van der Waals surface area contributed by atoms with Gasteiger partial charge in [-0.1, -0.05) is 41.9 Å². The van der Waals surface area contributed by atoms with Gasteiger partial charge in [0.25, 0.3) is 15.9 Å². The lowest BCUT2D eigenvalue weighted by molar-refractivity contribution is -0.115. The molecular formula is C24H24ClN3O4S. The van der Waals surface area contributed by atoms with Crippen LogP contribution in [0.4, 0.5) is 11.4 Å². The molecule has 0 aliphatic rings. The molecule has 0 spiro atoms. The number of sulfonamides is 1. The van der Waals surface area contributed by atoms with Gasteiger partial charge in [-0.2, -0.15) is 0 Å². The molecule has 0 fully saturated rings. The van der Waals surface area contributed by atoms with Gasteiger partial charge in [-0.15, -0.1) is 0 Å². The monoisotopic (exact) mass is 485 g/mol. The van der Waals surface area contributed by atoms with Crippen LogP contribution in [-0.2, 0) is 14.8 Å². The summed E-state index contributed by atoms with van der Waals surface area (Å²) >= 11 is 6.05. The highest BCUT2D eigenvalue weighted by atomic mass is 35.5. The van der Waals surface area contributed by atoms with E-state index in [1.165, 1.54) is 28.6 Å². The molecule has 9 heteroatoms. The number of hydrogen-bond acceptors (Lipinski definition) is 4. The van der Waals surface area contributed by atoms with Crippen LogP contribution in [0.2, 0.25) is 5.02 Å². The maximum Gasteiger partial charge on any atom is 0.264 e. The fourth-order valence-electron chi connectivity index (χ4n) is 3.21. The summed E-state index contributed by atoms with van der Waals surface area (Å²) < 4.78 is 27.6. The van der Waals surface area contributed by atoms with Crippen molar-refractivity contribution in [2.45, 2.75) is 18.7 Å². The highest BCUT2D eigenvalue weighted by Gasteiger charge is 2.24. The van der Waals surface area contributed by atoms with Crippen molar-refractivity contribution in [2.24, 2.45) is 0 Å². The van der Waals surface area contributed by atoms with Gasteiger partial charge in [0.2, 0.25) is 5.91 Å². The predicted octanol–water partition coefficient (Wildman–Crippen LogP) is 4.23. The third kappa shape index (κ3) is 5.71. The second-order valence-electron chi connectivity index (χ2n) is 7.18. The zero-order chi connectivity index (χ0) is 24.0. The van der Waals surface area contributed by atoms with Gasteiger partial charge in [-0.3, -0.25) is 13.9 Å². The molecule has 0 saturated heterocycles. The topological polar surface area (TPSA) is 95.6 Å². The molecule has 172 valence electrons. The number of hydrogen-bond donors (Lipinski definition) is 2. The first kappa shape index (κ1) is 24.3. The molecule has 3 aromatic carbocycles. The van der Waals surface area contributed by atoms with Gasteiger partial charge in [0, 0.05) is 22.8 Å². The quantitative estimate of drug-likeness (QED) is 0.499. The number of rotatable bonds is 8. The molecule has 0 bridgehead atoms. The Morgan fingerprint density at radius 1 is 0.970 bits per heavy atom. The van der Waals surface area contributed by atoms with E-state index in [1.54, 1.807) is 62.4 Å². The molecule has 3 rings (SSSR count). The Morgan fingerprint density at radius 2 is 1.67 bits per heavy atom. The number of anilines is 2. The molecule has 0 radical (unpaired) electrons. The largest absolute Gasteiger partial charge is 0.343 e. The van der Waals surface area contributed by atoms with Gasteiger partial charge in [0.1, 0.15) is 0 Å². The Balaban J connectivity index is 1.71. The van der Waals surface area contributed by atoms with Crippen LogP contribution < -0.4 is 14.9 Å². The van der Waals surface area contributed by atoms with Gasteiger partial charge in [0.05, 0.1) is 17.1 Å². The van der Waals surface area contributed by atoms with Crippen LogP contribution in [0.3, 0.4) is 0 Å². The van der Waals surface area contributed by atoms with Crippen molar-refractivity contribution in [3.63, 3.8) is 0 Å². The fraction of sp³-hybridized carbons (Fsp3) is 0.167. The molecule has 7 nitrogen and oxygen atoms in total. The Kier molecular flexibility index (Phi) is 7.73. The van der Waals surface area contributed by atoms with E-state index in [0.717, 1.165) is 5.56 Å². The maximum absolute atomic E-state index is 13.2. The van der Waals surface area contributed by atoms with Crippen molar-refractivity contribution in [1.29, 1.82) is 0 Å². The predicted molar refractivity (Wildman–Crippen MR) is 130 cm³/mol. The normalized spacial score (nSPS) is 11.0. The van der Waals surface area contributed by atoms with Crippen molar-refractivity contribution in [1.82, 2.24) is 5.32 Å². The summed E-state index contributed by atoms with van der Waals surface area (Å²) in [6.45, 7) is 3.46. The van der Waals surface area contributed by atoms with Gasteiger partial charge in [-0.25, -0.2) is 8.42 Å². The molecule has 0 unspecified atom stereocenters. The van der Waals surface area contributed by atoms with E-state index in [9.17, 15) is 18.0 Å². The zero-order valence-electron chi connectivity index (χ0n) is 18.2. The van der Waals surface area contributed by atoms with Crippen LogP contribution in [-0.4, -0.2) is 33.3 Å². The van der Waals surface area contributed by atoms with E-state index < -0.39 is 21.8 Å². The van der Waals surface area contributed by atoms with Crippen molar-refractivity contribution >= 4 is 44.8 Å². The average molecular weight is 486 g/mol. The molecule has 0 saturated carbocycles. The lowest BCUT2D eigenvalue weighted by Gasteiger charge is -2.23. The van der Waals surface area contributed by atoms with E-state index in [2.05, 4.69) is 10.6 Å². The minimum absolute atomic E-state index is 0.0140. The van der Waals surface area contributed by atoms with Crippen LogP contribution in [0.1, 0.15) is 22.8 Å². The first-order valence-electron chi connectivity index (χ1n) is 10.2. The number of nitrogens with zero attached hydrogens (tertiary/aromatic N) is 1. The van der Waals surface area contributed by atoms with Crippen LogP contribution in [0.25, 0.3) is 0 Å². The minimum atomic E-state index is -3.88. The first-order valence-corrected chi connectivity index (χ1v) is 12.1. The van der Waals surface area contributed by atoms with E-state index in [0.29, 0.717) is 16.4 Å². The molecule has 0 aliphatic heterocycles. The van der Waals surface area contributed by atoms with Gasteiger partial charge in [-0.05, 0) is 61.9 Å². The summed E-state index contributed by atoms with van der Waals surface area (Å²) in [5.41, 5.74) is 1.93. The van der Waals surface area contributed by atoms with Crippen LogP contribution in [0.15, 0.2) is 77.7 Å². The van der Waals surface area contributed by atoms with E-state index in [1.807, 2.05) is 0 Å². The number of nitrogens with one attached hydrogen (secondary N) is 2. The summed E-state index contributed by atoms with van der Waals surface area (Å²) in [6, 6.07) is 19.6. The Bertz CT molecular complexity index is 1260. The highest BCUT2D eigenvalue weighted by molar-refractivity contribution is 7.92. The van der Waals surface area contributed by atoms with Crippen molar-refractivity contribution in [2.75, 3.05) is 22.7 Å². The minimum Gasteiger partial charge on any atom is -0.343 e. The number of benzene rings is 3.